The summed E-state index contributed by atoms with van der Waals surface area (Å²) < 4.78 is 1.17. The SMILES string of the molecule is O=C(O)Cn1cc(CNC(=O)c2cccc(Cl)n2)nn1. The molecule has 2 rings (SSSR count). The Bertz CT molecular complexity index is 642. The van der Waals surface area contributed by atoms with E-state index >= 15 is 0 Å². The highest BCUT2D eigenvalue weighted by atomic mass is 35.5. The second kappa shape index (κ2) is 6.11. The highest BCUT2D eigenvalue weighted by molar-refractivity contribution is 6.29. The third-order valence-electron chi connectivity index (χ3n) is 2.26. The molecule has 2 heterocycles. The van der Waals surface area contributed by atoms with Crippen LogP contribution in [-0.4, -0.2) is 37.0 Å². The molecule has 20 heavy (non-hydrogen) atoms. The number of carbonyl (C=O) groups excluding carboxylic acids is 1. The molecule has 0 saturated heterocycles. The Labute approximate surface area is 118 Å². The average Bonchev–Trinajstić information content (AvgIpc) is 2.82. The minimum Gasteiger partial charge on any atom is -0.480 e. The van der Waals surface area contributed by atoms with Gasteiger partial charge in [-0.25, -0.2) is 9.67 Å². The van der Waals surface area contributed by atoms with Crippen LogP contribution in [-0.2, 0) is 17.9 Å². The molecule has 0 radical (unpaired) electrons. The molecular formula is C11H10ClN5O3. The fourth-order valence-electron chi connectivity index (χ4n) is 1.43. The number of rotatable bonds is 5. The van der Waals surface area contributed by atoms with E-state index in [0.29, 0.717) is 5.69 Å². The molecule has 2 N–H and O–H groups in total. The van der Waals surface area contributed by atoms with Crippen LogP contribution in [0, 0.1) is 0 Å². The molecule has 0 aromatic carbocycles. The van der Waals surface area contributed by atoms with E-state index in [1.807, 2.05) is 0 Å². The van der Waals surface area contributed by atoms with Gasteiger partial charge in [-0.3, -0.25) is 9.59 Å². The number of amides is 1. The quantitative estimate of drug-likeness (QED) is 0.770. The third kappa shape index (κ3) is 3.75. The van der Waals surface area contributed by atoms with Crippen molar-refractivity contribution in [3.8, 4) is 0 Å². The number of nitrogens with zero attached hydrogens (tertiary/aromatic N) is 4. The summed E-state index contributed by atoms with van der Waals surface area (Å²) in [5.41, 5.74) is 0.636. The number of aliphatic carboxylic acids is 1. The van der Waals surface area contributed by atoms with Crippen molar-refractivity contribution >= 4 is 23.5 Å². The van der Waals surface area contributed by atoms with Crippen LogP contribution in [0.5, 0.6) is 0 Å². The Balaban J connectivity index is 1.93. The lowest BCUT2D eigenvalue weighted by Crippen LogP contribution is -2.24. The van der Waals surface area contributed by atoms with Crippen LogP contribution < -0.4 is 5.32 Å². The van der Waals surface area contributed by atoms with Crippen LogP contribution in [0.2, 0.25) is 5.15 Å². The summed E-state index contributed by atoms with van der Waals surface area (Å²) in [6.45, 7) is -0.163. The number of hydrogen-bond acceptors (Lipinski definition) is 5. The van der Waals surface area contributed by atoms with E-state index in [-0.39, 0.29) is 23.9 Å². The van der Waals surface area contributed by atoms with Gasteiger partial charge < -0.3 is 10.4 Å². The van der Waals surface area contributed by atoms with Crippen LogP contribution in [0.4, 0.5) is 0 Å². The molecule has 2 aromatic heterocycles. The molecular weight excluding hydrogens is 286 g/mol. The Morgan fingerprint density at radius 1 is 1.40 bits per heavy atom. The van der Waals surface area contributed by atoms with E-state index in [1.165, 1.54) is 16.9 Å². The van der Waals surface area contributed by atoms with E-state index in [0.717, 1.165) is 0 Å². The van der Waals surface area contributed by atoms with Gasteiger partial charge in [0.15, 0.2) is 0 Å². The van der Waals surface area contributed by atoms with Crippen LogP contribution in [0.25, 0.3) is 0 Å². The molecule has 0 aliphatic carbocycles. The van der Waals surface area contributed by atoms with Gasteiger partial charge in [0.2, 0.25) is 0 Å². The maximum atomic E-state index is 11.8. The monoisotopic (exact) mass is 295 g/mol. The van der Waals surface area contributed by atoms with Crippen LogP contribution >= 0.6 is 11.6 Å². The van der Waals surface area contributed by atoms with Crippen LogP contribution in [0.3, 0.4) is 0 Å². The summed E-state index contributed by atoms with van der Waals surface area (Å²) in [4.78, 5) is 26.1. The lowest BCUT2D eigenvalue weighted by Gasteiger charge is -2.02. The number of aromatic nitrogens is 4. The first-order chi connectivity index (χ1) is 9.54. The van der Waals surface area contributed by atoms with Crippen molar-refractivity contribution in [1.29, 1.82) is 0 Å². The first kappa shape index (κ1) is 13.9. The van der Waals surface area contributed by atoms with Gasteiger partial charge in [-0.05, 0) is 12.1 Å². The van der Waals surface area contributed by atoms with Gasteiger partial charge in [-0.2, -0.15) is 0 Å². The lowest BCUT2D eigenvalue weighted by molar-refractivity contribution is -0.137. The Hall–Kier alpha value is -2.48. The van der Waals surface area contributed by atoms with Crippen molar-refractivity contribution in [2.24, 2.45) is 0 Å². The number of nitrogens with one attached hydrogen (secondary N) is 1. The third-order valence-corrected chi connectivity index (χ3v) is 2.47. The number of hydrogen-bond donors (Lipinski definition) is 2. The highest BCUT2D eigenvalue weighted by Crippen LogP contribution is 2.05. The van der Waals surface area contributed by atoms with Crippen molar-refractivity contribution < 1.29 is 14.7 Å². The van der Waals surface area contributed by atoms with Gasteiger partial charge in [0.1, 0.15) is 23.1 Å². The maximum absolute atomic E-state index is 11.8. The van der Waals surface area contributed by atoms with E-state index in [2.05, 4.69) is 20.6 Å². The molecule has 0 unspecified atom stereocenters. The normalized spacial score (nSPS) is 10.2. The number of carbonyl (C=O) groups is 2. The van der Waals surface area contributed by atoms with Gasteiger partial charge in [0, 0.05) is 0 Å². The zero-order valence-corrected chi connectivity index (χ0v) is 10.9. The molecule has 9 heteroatoms. The predicted molar refractivity (Wildman–Crippen MR) is 68.1 cm³/mol. The van der Waals surface area contributed by atoms with E-state index < -0.39 is 11.9 Å². The first-order valence-electron chi connectivity index (χ1n) is 5.56. The molecule has 8 nitrogen and oxygen atoms in total. The van der Waals surface area contributed by atoms with E-state index in [9.17, 15) is 9.59 Å². The molecule has 0 fully saturated rings. The topological polar surface area (TPSA) is 110 Å². The molecule has 2 aromatic rings. The Kier molecular flexibility index (Phi) is 4.26. The van der Waals surface area contributed by atoms with Gasteiger partial charge in [-0.1, -0.05) is 22.9 Å². The zero-order valence-electron chi connectivity index (χ0n) is 10.2. The molecule has 0 atom stereocenters. The van der Waals surface area contributed by atoms with Gasteiger partial charge in [0.05, 0.1) is 12.7 Å². The van der Waals surface area contributed by atoms with Gasteiger partial charge in [0.25, 0.3) is 5.91 Å². The molecule has 1 amide bonds. The summed E-state index contributed by atoms with van der Waals surface area (Å²) in [7, 11) is 0. The number of halogens is 1. The molecule has 104 valence electrons. The summed E-state index contributed by atoms with van der Waals surface area (Å²) >= 11 is 5.69. The molecule has 0 bridgehead atoms. The first-order valence-corrected chi connectivity index (χ1v) is 5.94. The lowest BCUT2D eigenvalue weighted by atomic mass is 10.3. The van der Waals surface area contributed by atoms with E-state index in [1.54, 1.807) is 12.1 Å². The van der Waals surface area contributed by atoms with E-state index in [4.69, 9.17) is 16.7 Å². The Morgan fingerprint density at radius 2 is 2.20 bits per heavy atom. The average molecular weight is 296 g/mol. The summed E-state index contributed by atoms with van der Waals surface area (Å²) in [5, 5.41) is 18.8. The van der Waals surface area contributed by atoms with Crippen molar-refractivity contribution in [2.75, 3.05) is 0 Å². The van der Waals surface area contributed by atoms with Crippen molar-refractivity contribution in [3.63, 3.8) is 0 Å². The predicted octanol–water partition coefficient (Wildman–Crippen LogP) is 0.341. The van der Waals surface area contributed by atoms with Crippen LogP contribution in [0.15, 0.2) is 24.4 Å². The molecule has 0 aliphatic heterocycles. The standard InChI is InChI=1S/C11H10ClN5O3/c12-9-3-1-2-8(14-9)11(20)13-4-7-5-17(16-15-7)6-10(18)19/h1-3,5H,4,6H2,(H,13,20)(H,18,19). The Morgan fingerprint density at radius 3 is 2.90 bits per heavy atom. The second-order valence-corrected chi connectivity index (χ2v) is 4.22. The second-order valence-electron chi connectivity index (χ2n) is 3.83. The van der Waals surface area contributed by atoms with Crippen LogP contribution in [0.1, 0.15) is 16.2 Å². The highest BCUT2D eigenvalue weighted by Gasteiger charge is 2.09. The fraction of sp³-hybridized carbons (Fsp3) is 0.182. The van der Waals surface area contributed by atoms with Crippen molar-refractivity contribution in [1.82, 2.24) is 25.3 Å². The number of carboxylic acid groups (broad SMARTS) is 1. The largest absolute Gasteiger partial charge is 0.480 e. The van der Waals surface area contributed by atoms with Crippen molar-refractivity contribution in [2.45, 2.75) is 13.1 Å². The summed E-state index contributed by atoms with van der Waals surface area (Å²) in [6.07, 6.45) is 1.44. The van der Waals surface area contributed by atoms with Crippen molar-refractivity contribution in [3.05, 3.63) is 40.9 Å². The zero-order chi connectivity index (χ0) is 14.5. The number of carboxylic acids is 1. The van der Waals surface area contributed by atoms with Gasteiger partial charge in [-0.15, -0.1) is 5.10 Å². The summed E-state index contributed by atoms with van der Waals surface area (Å²) in [6, 6.07) is 4.71. The number of pyridine rings is 1. The molecule has 0 aliphatic rings. The van der Waals surface area contributed by atoms with Gasteiger partial charge >= 0.3 is 5.97 Å². The maximum Gasteiger partial charge on any atom is 0.325 e. The minimum atomic E-state index is -1.02. The molecule has 0 spiro atoms. The smallest absolute Gasteiger partial charge is 0.325 e. The minimum absolute atomic E-state index is 0.118. The fourth-order valence-corrected chi connectivity index (χ4v) is 1.60. The molecule has 0 saturated carbocycles. The summed E-state index contributed by atoms with van der Waals surface area (Å²) in [5.74, 6) is -1.42.